The molecule has 0 saturated carbocycles. The molecule has 0 fully saturated rings. The van der Waals surface area contributed by atoms with Crippen LogP contribution in [-0.4, -0.2) is 11.1 Å². The highest BCUT2D eigenvalue weighted by Crippen LogP contribution is 1.92. The van der Waals surface area contributed by atoms with Crippen molar-refractivity contribution in [2.24, 2.45) is 12.8 Å². The minimum atomic E-state index is 0. The first kappa shape index (κ1) is 11.2. The number of nitrogens with two attached hydrogens (primary N) is 1. The summed E-state index contributed by atoms with van der Waals surface area (Å²) in [6, 6.07) is 3.53. The van der Waals surface area contributed by atoms with E-state index in [4.69, 9.17) is 5.73 Å². The monoisotopic (exact) mass is 188 g/mol. The highest BCUT2D eigenvalue weighted by atomic mass is 35.5. The Morgan fingerprint density at radius 1 is 1.58 bits per heavy atom. The van der Waals surface area contributed by atoms with E-state index in [1.54, 1.807) is 23.9 Å². The van der Waals surface area contributed by atoms with Gasteiger partial charge in [-0.05, 0) is 24.6 Å². The van der Waals surface area contributed by atoms with Gasteiger partial charge in [-0.3, -0.25) is 4.79 Å². The fourth-order valence-electron chi connectivity index (χ4n) is 0.912. The number of aromatic nitrogens is 1. The van der Waals surface area contributed by atoms with E-state index < -0.39 is 0 Å². The molecular formula is C8H13ClN2O. The second kappa shape index (κ2) is 4.95. The minimum absolute atomic E-state index is 0. The Morgan fingerprint density at radius 2 is 2.25 bits per heavy atom. The van der Waals surface area contributed by atoms with Crippen LogP contribution in [0.3, 0.4) is 0 Å². The summed E-state index contributed by atoms with van der Waals surface area (Å²) in [7, 11) is 1.73. The summed E-state index contributed by atoms with van der Waals surface area (Å²) < 4.78 is 1.54. The molecule has 12 heavy (non-hydrogen) atoms. The molecule has 0 spiro atoms. The summed E-state index contributed by atoms with van der Waals surface area (Å²) in [5.74, 6) is 0. The lowest BCUT2D eigenvalue weighted by Crippen LogP contribution is -2.16. The molecule has 1 rings (SSSR count). The lowest BCUT2D eigenvalue weighted by Gasteiger charge is -1.99. The van der Waals surface area contributed by atoms with Crippen LogP contribution in [0.1, 0.15) is 5.56 Å². The third kappa shape index (κ3) is 2.68. The second-order valence-corrected chi connectivity index (χ2v) is 2.52. The van der Waals surface area contributed by atoms with E-state index in [-0.39, 0.29) is 18.0 Å². The van der Waals surface area contributed by atoms with Crippen LogP contribution >= 0.6 is 12.4 Å². The molecule has 1 heterocycles. The largest absolute Gasteiger partial charge is 0.330 e. The molecule has 1 aromatic rings. The van der Waals surface area contributed by atoms with Crippen molar-refractivity contribution in [2.45, 2.75) is 6.42 Å². The fraction of sp³-hybridized carbons (Fsp3) is 0.375. The summed E-state index contributed by atoms with van der Waals surface area (Å²) in [6.07, 6.45) is 2.53. The van der Waals surface area contributed by atoms with Gasteiger partial charge in [0.25, 0.3) is 5.56 Å². The van der Waals surface area contributed by atoms with Gasteiger partial charge in [0.1, 0.15) is 0 Å². The maximum absolute atomic E-state index is 11.0. The zero-order valence-electron chi connectivity index (χ0n) is 6.99. The molecule has 0 amide bonds. The first-order valence-electron chi connectivity index (χ1n) is 3.59. The Bertz CT molecular complexity index is 295. The average molecular weight is 189 g/mol. The molecule has 0 atom stereocenters. The molecule has 1 aromatic heterocycles. The molecule has 0 saturated heterocycles. The quantitative estimate of drug-likeness (QED) is 0.726. The van der Waals surface area contributed by atoms with E-state index in [9.17, 15) is 4.79 Å². The van der Waals surface area contributed by atoms with Gasteiger partial charge in [-0.15, -0.1) is 12.4 Å². The van der Waals surface area contributed by atoms with Crippen molar-refractivity contribution >= 4 is 12.4 Å². The van der Waals surface area contributed by atoms with Crippen molar-refractivity contribution in [1.82, 2.24) is 4.57 Å². The maximum atomic E-state index is 11.0. The SMILES string of the molecule is Cl.Cn1ccc(CCN)cc1=O. The van der Waals surface area contributed by atoms with E-state index in [0.29, 0.717) is 6.54 Å². The molecule has 0 aliphatic rings. The molecule has 3 nitrogen and oxygen atoms in total. The van der Waals surface area contributed by atoms with Crippen molar-refractivity contribution in [2.75, 3.05) is 6.54 Å². The van der Waals surface area contributed by atoms with Crippen LogP contribution in [0.25, 0.3) is 0 Å². The second-order valence-electron chi connectivity index (χ2n) is 2.52. The van der Waals surface area contributed by atoms with Crippen molar-refractivity contribution in [1.29, 1.82) is 0 Å². The maximum Gasteiger partial charge on any atom is 0.250 e. The topological polar surface area (TPSA) is 48.0 Å². The fourth-order valence-corrected chi connectivity index (χ4v) is 0.912. The van der Waals surface area contributed by atoms with Crippen LogP contribution in [0.2, 0.25) is 0 Å². The molecule has 4 heteroatoms. The van der Waals surface area contributed by atoms with Gasteiger partial charge in [0.05, 0.1) is 0 Å². The molecule has 0 aliphatic heterocycles. The number of pyridine rings is 1. The molecule has 0 aliphatic carbocycles. The highest BCUT2D eigenvalue weighted by molar-refractivity contribution is 5.85. The predicted molar refractivity (Wildman–Crippen MR) is 51.7 cm³/mol. The van der Waals surface area contributed by atoms with E-state index >= 15 is 0 Å². The first-order valence-corrected chi connectivity index (χ1v) is 3.59. The molecule has 0 unspecified atom stereocenters. The number of halogens is 1. The van der Waals surface area contributed by atoms with Crippen molar-refractivity contribution in [3.63, 3.8) is 0 Å². The van der Waals surface area contributed by atoms with Gasteiger partial charge in [0.2, 0.25) is 0 Å². The van der Waals surface area contributed by atoms with Crippen LogP contribution in [0.4, 0.5) is 0 Å². The van der Waals surface area contributed by atoms with Crippen molar-refractivity contribution in [3.8, 4) is 0 Å². The number of aryl methyl sites for hydroxylation is 1. The Kier molecular flexibility index (Phi) is 4.62. The predicted octanol–water partition coefficient (Wildman–Crippen LogP) is 0.308. The van der Waals surface area contributed by atoms with E-state index in [1.165, 1.54) is 0 Å². The smallest absolute Gasteiger partial charge is 0.250 e. The van der Waals surface area contributed by atoms with Gasteiger partial charge in [-0.1, -0.05) is 0 Å². The lowest BCUT2D eigenvalue weighted by atomic mass is 10.2. The number of hydrogen-bond donors (Lipinski definition) is 1. The van der Waals surface area contributed by atoms with Crippen LogP contribution in [-0.2, 0) is 13.5 Å². The summed E-state index contributed by atoms with van der Waals surface area (Å²) in [4.78, 5) is 11.0. The normalized spacial score (nSPS) is 9.17. The van der Waals surface area contributed by atoms with Gasteiger partial charge < -0.3 is 10.3 Å². The molecule has 0 radical (unpaired) electrons. The standard InChI is InChI=1S/C8H12N2O.ClH/c1-10-5-3-7(2-4-9)6-8(10)11;/h3,5-6H,2,4,9H2,1H3;1H. The van der Waals surface area contributed by atoms with Gasteiger partial charge in [-0.2, -0.15) is 0 Å². The number of nitrogens with zero attached hydrogens (tertiary/aromatic N) is 1. The first-order chi connectivity index (χ1) is 5.24. The van der Waals surface area contributed by atoms with Gasteiger partial charge >= 0.3 is 0 Å². The summed E-state index contributed by atoms with van der Waals surface area (Å²) in [5.41, 5.74) is 6.37. The zero-order chi connectivity index (χ0) is 8.27. The van der Waals surface area contributed by atoms with E-state index in [0.717, 1.165) is 12.0 Å². The van der Waals surface area contributed by atoms with E-state index in [2.05, 4.69) is 0 Å². The third-order valence-corrected chi connectivity index (χ3v) is 1.60. The van der Waals surface area contributed by atoms with Crippen LogP contribution < -0.4 is 11.3 Å². The number of rotatable bonds is 2. The summed E-state index contributed by atoms with van der Waals surface area (Å²) >= 11 is 0. The van der Waals surface area contributed by atoms with Crippen LogP contribution in [0, 0.1) is 0 Å². The van der Waals surface area contributed by atoms with Crippen molar-refractivity contribution in [3.05, 3.63) is 34.2 Å². The average Bonchev–Trinajstić information content (AvgIpc) is 1.98. The van der Waals surface area contributed by atoms with Gasteiger partial charge in [-0.25, -0.2) is 0 Å². The molecule has 68 valence electrons. The molecule has 2 N–H and O–H groups in total. The third-order valence-electron chi connectivity index (χ3n) is 1.60. The van der Waals surface area contributed by atoms with E-state index in [1.807, 2.05) is 6.07 Å². The summed E-state index contributed by atoms with van der Waals surface area (Å²) in [5, 5.41) is 0. The highest BCUT2D eigenvalue weighted by Gasteiger charge is 1.92. The summed E-state index contributed by atoms with van der Waals surface area (Å²) in [6.45, 7) is 0.590. The Labute approximate surface area is 77.6 Å². The van der Waals surface area contributed by atoms with Gasteiger partial charge in [0.15, 0.2) is 0 Å². The molecule has 0 aromatic carbocycles. The van der Waals surface area contributed by atoms with Crippen LogP contribution in [0.15, 0.2) is 23.1 Å². The molecule has 0 bridgehead atoms. The zero-order valence-corrected chi connectivity index (χ0v) is 7.80. The molecular weight excluding hydrogens is 176 g/mol. The Balaban J connectivity index is 0.00000121. The minimum Gasteiger partial charge on any atom is -0.330 e. The number of hydrogen-bond acceptors (Lipinski definition) is 2. The van der Waals surface area contributed by atoms with Crippen molar-refractivity contribution < 1.29 is 0 Å². The van der Waals surface area contributed by atoms with Gasteiger partial charge in [0, 0.05) is 19.3 Å². The lowest BCUT2D eigenvalue weighted by molar-refractivity contribution is 0.844. The Morgan fingerprint density at radius 3 is 2.75 bits per heavy atom. The Hall–Kier alpha value is -0.800. The van der Waals surface area contributed by atoms with Crippen LogP contribution in [0.5, 0.6) is 0 Å².